The number of aromatic nitrogens is 2. The van der Waals surface area contributed by atoms with E-state index in [0.29, 0.717) is 11.4 Å². The summed E-state index contributed by atoms with van der Waals surface area (Å²) in [6.07, 6.45) is 0.701. The molecule has 1 atom stereocenters. The normalized spacial score (nSPS) is 12.4. The van der Waals surface area contributed by atoms with E-state index in [1.165, 1.54) is 0 Å². The van der Waals surface area contributed by atoms with Crippen molar-refractivity contribution in [3.05, 3.63) is 64.9 Å². The van der Waals surface area contributed by atoms with Crippen molar-refractivity contribution < 1.29 is 0 Å². The Bertz CT molecular complexity index is 747. The molecule has 3 rings (SSSR count). The highest BCUT2D eigenvalue weighted by Crippen LogP contribution is 2.23. The summed E-state index contributed by atoms with van der Waals surface area (Å²) < 4.78 is 0. The van der Waals surface area contributed by atoms with Crippen molar-refractivity contribution in [2.75, 3.05) is 0 Å². The van der Waals surface area contributed by atoms with Gasteiger partial charge in [-0.15, -0.1) is 0 Å². The van der Waals surface area contributed by atoms with Gasteiger partial charge in [-0.3, -0.25) is 0 Å². The molecule has 1 heterocycles. The second-order valence-electron chi connectivity index (χ2n) is 4.92. The molecular weight excluding hydrogens is 302 g/mol. The van der Waals surface area contributed by atoms with E-state index in [2.05, 4.69) is 9.97 Å². The molecule has 0 aliphatic rings. The fraction of sp³-hybridized carbons (Fsp3) is 0.125. The smallest absolute Gasteiger partial charge is 0.117 e. The van der Waals surface area contributed by atoms with Gasteiger partial charge in [0, 0.05) is 5.02 Å². The minimum absolute atomic E-state index is 0.117. The van der Waals surface area contributed by atoms with Crippen LogP contribution in [-0.4, -0.2) is 15.0 Å². The Hall–Kier alpha value is -1.91. The van der Waals surface area contributed by atoms with Gasteiger partial charge in [0.15, 0.2) is 0 Å². The molecule has 0 radical (unpaired) electrons. The van der Waals surface area contributed by atoms with Crippen molar-refractivity contribution in [1.29, 1.82) is 0 Å². The van der Waals surface area contributed by atoms with Gasteiger partial charge in [0.2, 0.25) is 0 Å². The zero-order chi connectivity index (χ0) is 14.8. The van der Waals surface area contributed by atoms with Crippen molar-refractivity contribution in [1.82, 2.24) is 9.97 Å². The molecule has 5 heteroatoms. The number of benzene rings is 2. The number of rotatable bonds is 4. The second kappa shape index (κ2) is 5.84. The van der Waals surface area contributed by atoms with Crippen LogP contribution in [0.4, 0.5) is 0 Å². The third kappa shape index (κ3) is 3.06. The lowest BCUT2D eigenvalue weighted by atomic mass is 9.99. The van der Waals surface area contributed by atoms with Gasteiger partial charge < -0.3 is 10.7 Å². The van der Waals surface area contributed by atoms with Gasteiger partial charge in [-0.1, -0.05) is 48.1 Å². The SMILES string of the molecule is NC(=S)C(Cc1ccc(Cl)cc1)c1nc2ccccc2[nH]1. The molecule has 3 nitrogen and oxygen atoms in total. The highest BCUT2D eigenvalue weighted by molar-refractivity contribution is 7.80. The van der Waals surface area contributed by atoms with Gasteiger partial charge in [-0.2, -0.15) is 0 Å². The van der Waals surface area contributed by atoms with Crippen LogP contribution in [0.2, 0.25) is 5.02 Å². The lowest BCUT2D eigenvalue weighted by Crippen LogP contribution is -2.22. The number of hydrogen-bond acceptors (Lipinski definition) is 2. The Balaban J connectivity index is 1.93. The van der Waals surface area contributed by atoms with Crippen LogP contribution in [0.25, 0.3) is 11.0 Å². The van der Waals surface area contributed by atoms with E-state index in [-0.39, 0.29) is 5.92 Å². The summed E-state index contributed by atoms with van der Waals surface area (Å²) in [7, 11) is 0. The topological polar surface area (TPSA) is 54.7 Å². The van der Waals surface area contributed by atoms with Gasteiger partial charge in [-0.05, 0) is 36.2 Å². The first-order chi connectivity index (χ1) is 10.1. The minimum Gasteiger partial charge on any atom is -0.393 e. The summed E-state index contributed by atoms with van der Waals surface area (Å²) >= 11 is 11.1. The summed E-state index contributed by atoms with van der Waals surface area (Å²) in [5.74, 6) is 0.687. The fourth-order valence-corrected chi connectivity index (χ4v) is 2.65. The van der Waals surface area contributed by atoms with E-state index in [9.17, 15) is 0 Å². The first-order valence-corrected chi connectivity index (χ1v) is 7.40. The first kappa shape index (κ1) is 14.0. The summed E-state index contributed by atoms with van der Waals surface area (Å²) in [4.78, 5) is 8.34. The molecule has 0 aliphatic carbocycles. The predicted molar refractivity (Wildman–Crippen MR) is 90.8 cm³/mol. The quantitative estimate of drug-likeness (QED) is 0.719. The number of halogens is 1. The Morgan fingerprint density at radius 2 is 1.90 bits per heavy atom. The average Bonchev–Trinajstić information content (AvgIpc) is 2.89. The molecule has 0 saturated heterocycles. The maximum absolute atomic E-state index is 5.91. The standard InChI is InChI=1S/C16H14ClN3S/c17-11-7-5-10(6-8-11)9-12(15(18)21)16-19-13-3-1-2-4-14(13)20-16/h1-8,12H,9H2,(H2,18,21)(H,19,20). The molecule has 0 aliphatic heterocycles. The summed E-state index contributed by atoms with van der Waals surface area (Å²) in [5, 5.41) is 0.717. The van der Waals surface area contributed by atoms with E-state index < -0.39 is 0 Å². The monoisotopic (exact) mass is 315 g/mol. The number of nitrogens with zero attached hydrogens (tertiary/aromatic N) is 1. The van der Waals surface area contributed by atoms with E-state index in [1.807, 2.05) is 48.5 Å². The number of aromatic amines is 1. The molecule has 0 spiro atoms. The second-order valence-corrected chi connectivity index (χ2v) is 5.83. The van der Waals surface area contributed by atoms with Crippen LogP contribution in [0.5, 0.6) is 0 Å². The maximum atomic E-state index is 5.91. The van der Waals surface area contributed by atoms with Gasteiger partial charge >= 0.3 is 0 Å². The zero-order valence-electron chi connectivity index (χ0n) is 11.2. The number of para-hydroxylation sites is 2. The molecular formula is C16H14ClN3S. The minimum atomic E-state index is -0.117. The molecule has 1 unspecified atom stereocenters. The Morgan fingerprint density at radius 3 is 2.57 bits per heavy atom. The number of nitrogens with two attached hydrogens (primary N) is 1. The van der Waals surface area contributed by atoms with Gasteiger partial charge in [0.1, 0.15) is 5.82 Å². The molecule has 0 bridgehead atoms. The van der Waals surface area contributed by atoms with Crippen molar-refractivity contribution in [3.8, 4) is 0 Å². The number of fused-ring (bicyclic) bond motifs is 1. The van der Waals surface area contributed by atoms with Gasteiger partial charge in [-0.25, -0.2) is 4.98 Å². The predicted octanol–water partition coefficient (Wildman–Crippen LogP) is 3.83. The molecule has 106 valence electrons. The van der Waals surface area contributed by atoms with Crippen molar-refractivity contribution in [3.63, 3.8) is 0 Å². The molecule has 2 aromatic carbocycles. The van der Waals surface area contributed by atoms with E-state index in [1.54, 1.807) is 0 Å². The Kier molecular flexibility index (Phi) is 3.90. The van der Waals surface area contributed by atoms with E-state index in [4.69, 9.17) is 29.6 Å². The molecule has 0 amide bonds. The van der Waals surface area contributed by atoms with E-state index >= 15 is 0 Å². The van der Waals surface area contributed by atoms with Crippen molar-refractivity contribution >= 4 is 39.8 Å². The van der Waals surface area contributed by atoms with Gasteiger partial charge in [0.25, 0.3) is 0 Å². The average molecular weight is 316 g/mol. The molecule has 3 N–H and O–H groups in total. The third-order valence-corrected chi connectivity index (χ3v) is 3.97. The summed E-state index contributed by atoms with van der Waals surface area (Å²) in [6.45, 7) is 0. The van der Waals surface area contributed by atoms with Crippen molar-refractivity contribution in [2.45, 2.75) is 12.3 Å². The summed E-state index contributed by atoms with van der Waals surface area (Å²) in [5.41, 5.74) is 8.95. The highest BCUT2D eigenvalue weighted by atomic mass is 35.5. The van der Waals surface area contributed by atoms with Crippen molar-refractivity contribution in [2.24, 2.45) is 5.73 Å². The number of nitrogens with one attached hydrogen (secondary N) is 1. The van der Waals surface area contributed by atoms with Gasteiger partial charge in [0.05, 0.1) is 21.9 Å². The third-order valence-electron chi connectivity index (χ3n) is 3.43. The number of imidazole rings is 1. The number of H-pyrrole nitrogens is 1. The molecule has 0 saturated carbocycles. The van der Waals surface area contributed by atoms with Crippen LogP contribution in [-0.2, 0) is 6.42 Å². The van der Waals surface area contributed by atoms with Crippen LogP contribution in [0.1, 0.15) is 17.3 Å². The number of thiocarbonyl (C=S) groups is 1. The van der Waals surface area contributed by atoms with Crippen LogP contribution in [0.3, 0.4) is 0 Å². The first-order valence-electron chi connectivity index (χ1n) is 6.62. The molecule has 3 aromatic rings. The van der Waals surface area contributed by atoms with E-state index in [0.717, 1.165) is 27.4 Å². The largest absolute Gasteiger partial charge is 0.393 e. The van der Waals surface area contributed by atoms with Crippen LogP contribution in [0.15, 0.2) is 48.5 Å². The lowest BCUT2D eigenvalue weighted by Gasteiger charge is -2.13. The zero-order valence-corrected chi connectivity index (χ0v) is 12.8. The lowest BCUT2D eigenvalue weighted by molar-refractivity contribution is 0.821. The van der Waals surface area contributed by atoms with Crippen LogP contribution < -0.4 is 5.73 Å². The highest BCUT2D eigenvalue weighted by Gasteiger charge is 2.19. The molecule has 1 aromatic heterocycles. The Labute approximate surface area is 133 Å². The molecule has 0 fully saturated rings. The Morgan fingerprint density at radius 1 is 1.19 bits per heavy atom. The van der Waals surface area contributed by atoms with Crippen LogP contribution >= 0.6 is 23.8 Å². The molecule has 21 heavy (non-hydrogen) atoms. The summed E-state index contributed by atoms with van der Waals surface area (Å²) in [6, 6.07) is 15.6. The van der Waals surface area contributed by atoms with Crippen LogP contribution in [0, 0.1) is 0 Å². The number of hydrogen-bond donors (Lipinski definition) is 2. The fourth-order valence-electron chi connectivity index (χ4n) is 2.33. The maximum Gasteiger partial charge on any atom is 0.117 e.